The molecule has 0 amide bonds. The molecule has 3 aromatic rings. The van der Waals surface area contributed by atoms with Gasteiger partial charge in [-0.1, -0.05) is 29.0 Å². The van der Waals surface area contributed by atoms with Crippen molar-refractivity contribution in [2.24, 2.45) is 0 Å². The number of nitrogens with zero attached hydrogens (tertiary/aromatic N) is 2. The minimum atomic E-state index is 1.08. The summed E-state index contributed by atoms with van der Waals surface area (Å²) >= 11 is 1.78. The first-order valence-corrected chi connectivity index (χ1v) is 6.70. The summed E-state index contributed by atoms with van der Waals surface area (Å²) in [6.07, 6.45) is 4.52. The van der Waals surface area contributed by atoms with Crippen LogP contribution < -0.4 is 0 Å². The second-order valence-electron chi connectivity index (χ2n) is 4.62. The highest BCUT2D eigenvalue weighted by molar-refractivity contribution is 7.23. The highest BCUT2D eigenvalue weighted by Crippen LogP contribution is 2.32. The van der Waals surface area contributed by atoms with Crippen LogP contribution in [0.5, 0.6) is 0 Å². The van der Waals surface area contributed by atoms with Gasteiger partial charge in [0.05, 0.1) is 21.6 Å². The Morgan fingerprint density at radius 2 is 2.12 bits per heavy atom. The second kappa shape index (κ2) is 3.20. The molecule has 4 rings (SSSR count). The topological polar surface area (TPSA) is 17.3 Å². The van der Waals surface area contributed by atoms with Crippen molar-refractivity contribution in [2.75, 3.05) is 0 Å². The lowest BCUT2D eigenvalue weighted by molar-refractivity contribution is 0.895. The third kappa shape index (κ3) is 1.23. The van der Waals surface area contributed by atoms with E-state index in [0.29, 0.717) is 0 Å². The van der Waals surface area contributed by atoms with Gasteiger partial charge < -0.3 is 0 Å². The van der Waals surface area contributed by atoms with E-state index in [1.54, 1.807) is 11.3 Å². The van der Waals surface area contributed by atoms with Gasteiger partial charge in [-0.05, 0) is 38.0 Å². The molecule has 0 N–H and O–H groups in total. The first-order valence-electron chi connectivity index (χ1n) is 5.89. The predicted octanol–water partition coefficient (Wildman–Crippen LogP) is 3.90. The van der Waals surface area contributed by atoms with Crippen LogP contribution in [0.3, 0.4) is 0 Å². The van der Waals surface area contributed by atoms with Gasteiger partial charge in [-0.15, -0.1) is 0 Å². The fourth-order valence-electron chi connectivity index (χ4n) is 2.54. The van der Waals surface area contributed by atoms with Gasteiger partial charge in [0.25, 0.3) is 0 Å². The summed E-state index contributed by atoms with van der Waals surface area (Å²) in [5, 5.41) is 0. The van der Waals surface area contributed by atoms with Crippen LogP contribution in [0.4, 0.5) is 0 Å². The smallest absolute Gasteiger partial charge is 0.195 e. The predicted molar refractivity (Wildman–Crippen MR) is 72.5 cm³/mol. The maximum absolute atomic E-state index is 4.76. The van der Waals surface area contributed by atoms with E-state index in [1.165, 1.54) is 27.2 Å². The van der Waals surface area contributed by atoms with Crippen LogP contribution in [0.2, 0.25) is 0 Å². The molecule has 0 atom stereocenters. The van der Waals surface area contributed by atoms with E-state index in [9.17, 15) is 0 Å². The highest BCUT2D eigenvalue weighted by atomic mass is 32.1. The van der Waals surface area contributed by atoms with E-state index in [-0.39, 0.29) is 0 Å². The van der Waals surface area contributed by atoms with Crippen LogP contribution in [0.15, 0.2) is 29.8 Å². The van der Waals surface area contributed by atoms with Gasteiger partial charge in [0.2, 0.25) is 0 Å². The summed E-state index contributed by atoms with van der Waals surface area (Å²) in [4.78, 5) is 5.89. The average Bonchev–Trinajstić information content (AvgIpc) is 2.84. The zero-order valence-corrected chi connectivity index (χ0v) is 10.4. The molecule has 17 heavy (non-hydrogen) atoms. The van der Waals surface area contributed by atoms with E-state index in [2.05, 4.69) is 41.7 Å². The fourth-order valence-corrected chi connectivity index (χ4v) is 3.59. The molecule has 1 aliphatic carbocycles. The molecule has 3 heteroatoms. The maximum atomic E-state index is 4.76. The standard InChI is InChI=1S/C14H12N2S/c1-9-6-7-10-12(8-9)16-11-4-2-3-5-13(11)17-14(16)15-10/h2-5,8H,6-7H2,1H3. The summed E-state index contributed by atoms with van der Waals surface area (Å²) in [6.45, 7) is 2.21. The zero-order chi connectivity index (χ0) is 11.4. The van der Waals surface area contributed by atoms with Crippen LogP contribution in [0, 0.1) is 0 Å². The van der Waals surface area contributed by atoms with Gasteiger partial charge in [-0.3, -0.25) is 4.40 Å². The molecule has 0 unspecified atom stereocenters. The minimum Gasteiger partial charge on any atom is -0.283 e. The molecule has 1 aliphatic rings. The summed E-state index contributed by atoms with van der Waals surface area (Å²) in [5.74, 6) is 0. The number of aromatic nitrogens is 2. The van der Waals surface area contributed by atoms with Crippen LogP contribution in [0.25, 0.3) is 21.3 Å². The first-order chi connectivity index (χ1) is 8.33. The number of hydrogen-bond acceptors (Lipinski definition) is 2. The largest absolute Gasteiger partial charge is 0.283 e. The van der Waals surface area contributed by atoms with Gasteiger partial charge in [0.15, 0.2) is 4.96 Å². The Labute approximate surface area is 103 Å². The molecule has 1 aromatic carbocycles. The molecule has 0 fully saturated rings. The van der Waals surface area contributed by atoms with Gasteiger partial charge in [0, 0.05) is 0 Å². The van der Waals surface area contributed by atoms with E-state index in [4.69, 9.17) is 4.98 Å². The number of allylic oxidation sites excluding steroid dienone is 1. The molecule has 2 aromatic heterocycles. The third-order valence-electron chi connectivity index (χ3n) is 3.41. The van der Waals surface area contributed by atoms with Crippen molar-refractivity contribution in [3.05, 3.63) is 41.2 Å². The van der Waals surface area contributed by atoms with E-state index in [1.807, 2.05) is 0 Å². The molecule has 0 bridgehead atoms. The van der Waals surface area contributed by atoms with E-state index < -0.39 is 0 Å². The van der Waals surface area contributed by atoms with Crippen LogP contribution >= 0.6 is 11.3 Å². The average molecular weight is 240 g/mol. The molecular weight excluding hydrogens is 228 g/mol. The Hall–Kier alpha value is -1.61. The first kappa shape index (κ1) is 9.42. The SMILES string of the molecule is CC1=Cc2c(nc3sc4ccccc4n23)CC1. The lowest BCUT2D eigenvalue weighted by Crippen LogP contribution is -1.98. The third-order valence-corrected chi connectivity index (χ3v) is 4.43. The number of aryl methyl sites for hydroxylation is 1. The van der Waals surface area contributed by atoms with Crippen molar-refractivity contribution in [3.8, 4) is 0 Å². The van der Waals surface area contributed by atoms with Gasteiger partial charge in [-0.2, -0.15) is 0 Å². The fraction of sp³-hybridized carbons (Fsp3) is 0.214. The number of benzene rings is 1. The Morgan fingerprint density at radius 1 is 1.24 bits per heavy atom. The number of rotatable bonds is 0. The van der Waals surface area contributed by atoms with Gasteiger partial charge >= 0.3 is 0 Å². The molecule has 2 nitrogen and oxygen atoms in total. The van der Waals surface area contributed by atoms with Crippen molar-refractivity contribution >= 4 is 32.6 Å². The number of thiazole rings is 1. The quantitative estimate of drug-likeness (QED) is 0.582. The molecule has 0 aliphatic heterocycles. The summed E-state index contributed by atoms with van der Waals surface area (Å²) in [6, 6.07) is 8.53. The number of imidazole rings is 1. The van der Waals surface area contributed by atoms with Crippen molar-refractivity contribution in [3.63, 3.8) is 0 Å². The van der Waals surface area contributed by atoms with Crippen molar-refractivity contribution in [2.45, 2.75) is 19.8 Å². The normalized spacial score (nSPS) is 15.2. The lowest BCUT2D eigenvalue weighted by Gasteiger charge is -2.08. The summed E-state index contributed by atoms with van der Waals surface area (Å²) in [5.41, 5.74) is 5.29. The molecule has 0 saturated carbocycles. The molecular formula is C14H12N2S. The monoisotopic (exact) mass is 240 g/mol. The molecule has 84 valence electrons. The highest BCUT2D eigenvalue weighted by Gasteiger charge is 2.17. The molecule has 0 radical (unpaired) electrons. The maximum Gasteiger partial charge on any atom is 0.195 e. The number of fused-ring (bicyclic) bond motifs is 5. The van der Waals surface area contributed by atoms with Gasteiger partial charge in [0.1, 0.15) is 0 Å². The summed E-state index contributed by atoms with van der Waals surface area (Å²) < 4.78 is 3.62. The van der Waals surface area contributed by atoms with Crippen LogP contribution in [-0.4, -0.2) is 9.38 Å². The Kier molecular flexibility index (Phi) is 1.77. The Bertz CT molecular complexity index is 761. The van der Waals surface area contributed by atoms with Crippen molar-refractivity contribution < 1.29 is 0 Å². The molecule has 0 spiro atoms. The molecule has 0 saturated heterocycles. The van der Waals surface area contributed by atoms with Crippen LogP contribution in [-0.2, 0) is 6.42 Å². The minimum absolute atomic E-state index is 1.08. The van der Waals surface area contributed by atoms with Gasteiger partial charge in [-0.25, -0.2) is 4.98 Å². The molecule has 2 heterocycles. The number of hydrogen-bond donors (Lipinski definition) is 0. The Morgan fingerprint density at radius 3 is 3.06 bits per heavy atom. The van der Waals surface area contributed by atoms with Crippen molar-refractivity contribution in [1.29, 1.82) is 0 Å². The van der Waals surface area contributed by atoms with E-state index >= 15 is 0 Å². The summed E-state index contributed by atoms with van der Waals surface area (Å²) in [7, 11) is 0. The second-order valence-corrected chi connectivity index (χ2v) is 5.63. The number of para-hydroxylation sites is 1. The van der Waals surface area contributed by atoms with E-state index in [0.717, 1.165) is 17.8 Å². The lowest BCUT2D eigenvalue weighted by atomic mass is 10.0. The van der Waals surface area contributed by atoms with Crippen molar-refractivity contribution in [1.82, 2.24) is 9.38 Å². The Balaban J connectivity index is 2.19. The van der Waals surface area contributed by atoms with Crippen LogP contribution in [0.1, 0.15) is 24.7 Å². The zero-order valence-electron chi connectivity index (χ0n) is 9.60.